The molecule has 0 spiro atoms. The van der Waals surface area contributed by atoms with Crippen molar-refractivity contribution >= 4 is 5.91 Å². The SMILES string of the molecule is CC(=O)N[C@H]1[C@H](OC[C@@H](O)[C@H](O)[C@H](O)[C@@H](O)CO)O[C@H](CO)[C@@H](O)[C@@H]1O[C@@H]1O[C@H](CO)[C@H](O)[C@H](O)[C@H]1O. The van der Waals surface area contributed by atoms with E-state index in [0.29, 0.717) is 0 Å². The van der Waals surface area contributed by atoms with E-state index in [1.54, 1.807) is 0 Å². The van der Waals surface area contributed by atoms with Crippen molar-refractivity contribution in [3.8, 4) is 0 Å². The largest absolute Gasteiger partial charge is 0.394 e. The molecule has 14 atom stereocenters. The number of hydrogen-bond acceptors (Lipinski definition) is 16. The van der Waals surface area contributed by atoms with Gasteiger partial charge in [0.15, 0.2) is 12.6 Å². The van der Waals surface area contributed by atoms with E-state index < -0.39 is 118 Å². The molecular formula is C20H37NO16. The normalized spacial score (nSPS) is 40.0. The zero-order valence-corrected chi connectivity index (χ0v) is 19.9. The minimum Gasteiger partial charge on any atom is -0.394 e. The smallest absolute Gasteiger partial charge is 0.217 e. The van der Waals surface area contributed by atoms with Crippen LogP contribution in [0.25, 0.3) is 0 Å². The minimum absolute atomic E-state index is 0.679. The molecule has 37 heavy (non-hydrogen) atoms. The molecule has 0 aromatic carbocycles. The van der Waals surface area contributed by atoms with E-state index in [4.69, 9.17) is 24.1 Å². The number of carbonyl (C=O) groups excluding carboxylic acids is 1. The van der Waals surface area contributed by atoms with Crippen molar-refractivity contribution < 1.29 is 79.9 Å². The lowest BCUT2D eigenvalue weighted by molar-refractivity contribution is -0.346. The first-order valence-corrected chi connectivity index (χ1v) is 11.5. The van der Waals surface area contributed by atoms with E-state index in [-0.39, 0.29) is 0 Å². The summed E-state index contributed by atoms with van der Waals surface area (Å²) >= 11 is 0. The molecule has 0 radical (unpaired) electrons. The molecule has 0 saturated carbocycles. The maximum Gasteiger partial charge on any atom is 0.217 e. The highest BCUT2D eigenvalue weighted by Crippen LogP contribution is 2.30. The van der Waals surface area contributed by atoms with Gasteiger partial charge in [-0.1, -0.05) is 0 Å². The monoisotopic (exact) mass is 547 g/mol. The molecule has 12 N–H and O–H groups in total. The van der Waals surface area contributed by atoms with Crippen LogP contribution in [-0.2, 0) is 23.7 Å². The molecule has 0 unspecified atom stereocenters. The summed E-state index contributed by atoms with van der Waals surface area (Å²) in [5, 5.41) is 111. The molecule has 2 fully saturated rings. The van der Waals surface area contributed by atoms with Crippen molar-refractivity contribution in [1.29, 1.82) is 0 Å². The molecule has 2 heterocycles. The third-order valence-electron chi connectivity index (χ3n) is 6.12. The molecule has 0 aromatic rings. The minimum atomic E-state index is -1.98. The third kappa shape index (κ3) is 7.72. The van der Waals surface area contributed by atoms with E-state index in [1.165, 1.54) is 0 Å². The van der Waals surface area contributed by atoms with Gasteiger partial charge in [0, 0.05) is 6.92 Å². The Morgan fingerprint density at radius 3 is 1.89 bits per heavy atom. The van der Waals surface area contributed by atoms with E-state index in [9.17, 15) is 55.9 Å². The van der Waals surface area contributed by atoms with Gasteiger partial charge in [-0.3, -0.25) is 4.79 Å². The maximum atomic E-state index is 11.9. The Morgan fingerprint density at radius 1 is 0.811 bits per heavy atom. The van der Waals surface area contributed by atoms with Crippen LogP contribution in [-0.4, -0.2) is 174 Å². The molecule has 2 aliphatic heterocycles. The van der Waals surface area contributed by atoms with Crippen LogP contribution in [0.1, 0.15) is 6.92 Å². The Kier molecular flexibility index (Phi) is 12.4. The summed E-state index contributed by atoms with van der Waals surface area (Å²) in [6.07, 6.45) is -22.3. The van der Waals surface area contributed by atoms with E-state index in [0.717, 1.165) is 6.92 Å². The number of aliphatic hydroxyl groups excluding tert-OH is 11. The van der Waals surface area contributed by atoms with E-state index in [2.05, 4.69) is 5.32 Å². The molecular weight excluding hydrogens is 510 g/mol. The summed E-state index contributed by atoms with van der Waals surface area (Å²) in [5.41, 5.74) is 0. The fourth-order valence-corrected chi connectivity index (χ4v) is 3.95. The average Bonchev–Trinajstić information content (AvgIpc) is 2.88. The standard InChI is InChI=1S/C20H37NO16/c1-6(25)21-11-18(37-20-17(33)16(32)14(30)9(3-23)36-20)15(31)10(4-24)35-19(11)34-5-8(27)13(29)12(28)7(26)2-22/h7-20,22-24,26-33H,2-5H2,1H3,(H,21,25)/t7-,8+,9+,10+,11+,12+,13-,14-,15+,16-,17+,18+,19+,20-/m0/s1. The second-order valence-corrected chi connectivity index (χ2v) is 8.87. The lowest BCUT2D eigenvalue weighted by Gasteiger charge is -2.47. The number of ether oxygens (including phenoxy) is 4. The van der Waals surface area contributed by atoms with Crippen molar-refractivity contribution in [3.05, 3.63) is 0 Å². The van der Waals surface area contributed by atoms with Gasteiger partial charge in [0.05, 0.1) is 26.4 Å². The van der Waals surface area contributed by atoms with Crippen LogP contribution in [0.5, 0.6) is 0 Å². The molecule has 17 heteroatoms. The highest BCUT2D eigenvalue weighted by atomic mass is 16.7. The van der Waals surface area contributed by atoms with Crippen LogP contribution in [0.4, 0.5) is 0 Å². The van der Waals surface area contributed by atoms with E-state index in [1.807, 2.05) is 0 Å². The van der Waals surface area contributed by atoms with Crippen LogP contribution in [0.2, 0.25) is 0 Å². The molecule has 1 amide bonds. The molecule has 2 aliphatic rings. The maximum absolute atomic E-state index is 11.9. The predicted molar refractivity (Wildman–Crippen MR) is 115 cm³/mol. The van der Waals surface area contributed by atoms with Crippen LogP contribution < -0.4 is 5.32 Å². The Bertz CT molecular complexity index is 701. The zero-order chi connectivity index (χ0) is 28.0. The second kappa shape index (κ2) is 14.3. The lowest BCUT2D eigenvalue weighted by Crippen LogP contribution is -2.68. The van der Waals surface area contributed by atoms with Crippen molar-refractivity contribution in [1.82, 2.24) is 5.32 Å². The van der Waals surface area contributed by atoms with Crippen molar-refractivity contribution in [3.63, 3.8) is 0 Å². The lowest BCUT2D eigenvalue weighted by atomic mass is 9.95. The van der Waals surface area contributed by atoms with Gasteiger partial charge in [-0.25, -0.2) is 0 Å². The number of nitrogens with one attached hydrogen (secondary N) is 1. The topological polar surface area (TPSA) is 289 Å². The van der Waals surface area contributed by atoms with Crippen molar-refractivity contribution in [2.45, 2.75) is 92.7 Å². The van der Waals surface area contributed by atoms with Crippen LogP contribution in [0.15, 0.2) is 0 Å². The van der Waals surface area contributed by atoms with Crippen molar-refractivity contribution in [2.75, 3.05) is 26.4 Å². The van der Waals surface area contributed by atoms with Gasteiger partial charge in [0.1, 0.15) is 73.2 Å². The fraction of sp³-hybridized carbons (Fsp3) is 0.950. The Labute approximate surface area is 211 Å². The summed E-state index contributed by atoms with van der Waals surface area (Å²) < 4.78 is 21.8. The highest BCUT2D eigenvalue weighted by Gasteiger charge is 2.51. The fourth-order valence-electron chi connectivity index (χ4n) is 3.95. The predicted octanol–water partition coefficient (Wildman–Crippen LogP) is -7.79. The first kappa shape index (κ1) is 32.1. The van der Waals surface area contributed by atoms with Crippen molar-refractivity contribution in [2.24, 2.45) is 0 Å². The zero-order valence-electron chi connectivity index (χ0n) is 19.9. The van der Waals surface area contributed by atoms with Gasteiger partial charge >= 0.3 is 0 Å². The molecule has 2 rings (SSSR count). The molecule has 2 saturated heterocycles. The second-order valence-electron chi connectivity index (χ2n) is 8.87. The first-order valence-electron chi connectivity index (χ1n) is 11.5. The number of hydrogen-bond donors (Lipinski definition) is 12. The number of amides is 1. The highest BCUT2D eigenvalue weighted by molar-refractivity contribution is 5.73. The third-order valence-corrected chi connectivity index (χ3v) is 6.12. The molecule has 0 aliphatic carbocycles. The molecule has 0 bridgehead atoms. The van der Waals surface area contributed by atoms with Gasteiger partial charge in [-0.2, -0.15) is 0 Å². The Morgan fingerprint density at radius 2 is 1.35 bits per heavy atom. The molecule has 17 nitrogen and oxygen atoms in total. The van der Waals surface area contributed by atoms with Gasteiger partial charge in [0.25, 0.3) is 0 Å². The van der Waals surface area contributed by atoms with Crippen LogP contribution >= 0.6 is 0 Å². The summed E-state index contributed by atoms with van der Waals surface area (Å²) in [6, 6.07) is -1.42. The average molecular weight is 548 g/mol. The first-order chi connectivity index (χ1) is 17.4. The summed E-state index contributed by atoms with van der Waals surface area (Å²) in [6.45, 7) is -2.15. The number of carbonyl (C=O) groups is 1. The van der Waals surface area contributed by atoms with Gasteiger partial charge < -0.3 is 80.4 Å². The summed E-state index contributed by atoms with van der Waals surface area (Å²) in [5.74, 6) is -0.679. The quantitative estimate of drug-likeness (QED) is 0.108. The van der Waals surface area contributed by atoms with Crippen LogP contribution in [0, 0.1) is 0 Å². The van der Waals surface area contributed by atoms with Gasteiger partial charge in [0.2, 0.25) is 5.91 Å². The Balaban J connectivity index is 2.24. The Hall–Kier alpha value is -1.13. The number of rotatable bonds is 12. The van der Waals surface area contributed by atoms with Gasteiger partial charge in [-0.15, -0.1) is 0 Å². The van der Waals surface area contributed by atoms with Gasteiger partial charge in [-0.05, 0) is 0 Å². The summed E-state index contributed by atoms with van der Waals surface area (Å²) in [4.78, 5) is 11.9. The number of aliphatic hydroxyl groups is 11. The molecule has 218 valence electrons. The van der Waals surface area contributed by atoms with E-state index >= 15 is 0 Å². The summed E-state index contributed by atoms with van der Waals surface area (Å²) in [7, 11) is 0. The molecule has 0 aromatic heterocycles. The van der Waals surface area contributed by atoms with Crippen LogP contribution in [0.3, 0.4) is 0 Å².